The molecule has 0 saturated carbocycles. The summed E-state index contributed by atoms with van der Waals surface area (Å²) in [7, 11) is 2.01. The molecule has 4 rings (SSSR count). The van der Waals surface area contributed by atoms with Crippen molar-refractivity contribution in [2.45, 2.75) is 0 Å². The van der Waals surface area contributed by atoms with Crippen molar-refractivity contribution in [2.24, 2.45) is 0 Å². The molecule has 0 unspecified atom stereocenters. The molecule has 108 valence electrons. The lowest BCUT2D eigenvalue weighted by Gasteiger charge is -2.20. The lowest BCUT2D eigenvalue weighted by atomic mass is 10.2. The maximum Gasteiger partial charge on any atom is 0.258 e. The molecule has 2 heterocycles. The molecule has 0 aliphatic rings. The summed E-state index contributed by atoms with van der Waals surface area (Å²) in [6, 6.07) is 18.3. The number of halogens is 1. The van der Waals surface area contributed by atoms with E-state index in [1.54, 1.807) is 0 Å². The number of anilines is 2. The topological polar surface area (TPSA) is 46.3 Å². The van der Waals surface area contributed by atoms with Crippen LogP contribution in [0.25, 0.3) is 16.7 Å². The normalized spacial score (nSPS) is 11.2. The van der Waals surface area contributed by atoms with Crippen molar-refractivity contribution < 1.29 is 0 Å². The highest BCUT2D eigenvalue weighted by atomic mass is 79.9. The Morgan fingerprint density at radius 1 is 0.955 bits per heavy atom. The van der Waals surface area contributed by atoms with Crippen LogP contribution in [-0.2, 0) is 0 Å². The average Bonchev–Trinajstić information content (AvgIpc) is 2.95. The van der Waals surface area contributed by atoms with Crippen LogP contribution in [0.2, 0.25) is 0 Å². The summed E-state index contributed by atoms with van der Waals surface area (Å²) in [5.74, 6) is 1.43. The van der Waals surface area contributed by atoms with Crippen LogP contribution < -0.4 is 4.90 Å². The van der Waals surface area contributed by atoms with Crippen molar-refractivity contribution in [3.63, 3.8) is 0 Å². The molecule has 2 aromatic heterocycles. The van der Waals surface area contributed by atoms with Gasteiger partial charge in [0.15, 0.2) is 0 Å². The van der Waals surface area contributed by atoms with Crippen LogP contribution in [0.5, 0.6) is 0 Å². The molecular weight excluding hydrogens is 342 g/mol. The van der Waals surface area contributed by atoms with Crippen molar-refractivity contribution in [2.75, 3.05) is 11.9 Å². The molecule has 5 nitrogen and oxygen atoms in total. The number of rotatable bonds is 2. The first kappa shape index (κ1) is 13.2. The molecule has 0 amide bonds. The highest BCUT2D eigenvalue weighted by molar-refractivity contribution is 9.10. The van der Waals surface area contributed by atoms with Crippen LogP contribution in [0.3, 0.4) is 0 Å². The molecule has 0 aliphatic heterocycles. The minimum atomic E-state index is 0.573. The van der Waals surface area contributed by atoms with Crippen molar-refractivity contribution in [1.82, 2.24) is 19.6 Å². The van der Waals surface area contributed by atoms with E-state index in [0.29, 0.717) is 10.5 Å². The largest absolute Gasteiger partial charge is 0.329 e. The molecule has 0 aliphatic carbocycles. The van der Waals surface area contributed by atoms with Gasteiger partial charge in [0.05, 0.1) is 5.52 Å². The zero-order valence-electron chi connectivity index (χ0n) is 11.8. The summed E-state index contributed by atoms with van der Waals surface area (Å²) in [4.78, 5) is 6.75. The van der Waals surface area contributed by atoms with Crippen molar-refractivity contribution >= 4 is 44.1 Å². The van der Waals surface area contributed by atoms with E-state index in [1.807, 2.05) is 47.8 Å². The van der Waals surface area contributed by atoms with Crippen molar-refractivity contribution in [1.29, 1.82) is 0 Å². The molecule has 22 heavy (non-hydrogen) atoms. The van der Waals surface area contributed by atoms with Gasteiger partial charge < -0.3 is 4.90 Å². The molecule has 2 aromatic carbocycles. The Labute approximate surface area is 135 Å². The van der Waals surface area contributed by atoms with Crippen LogP contribution in [0.1, 0.15) is 0 Å². The number of fused-ring (bicyclic) bond motifs is 3. The van der Waals surface area contributed by atoms with Gasteiger partial charge in [-0.1, -0.05) is 30.3 Å². The van der Waals surface area contributed by atoms with Crippen molar-refractivity contribution in [3.8, 4) is 0 Å². The third kappa shape index (κ3) is 1.95. The maximum absolute atomic E-state index is 4.69. The van der Waals surface area contributed by atoms with Gasteiger partial charge in [0, 0.05) is 18.1 Å². The first-order chi connectivity index (χ1) is 10.8. The number of hydrogen-bond donors (Lipinski definition) is 0. The summed E-state index contributed by atoms with van der Waals surface area (Å²) >= 11 is 3.43. The zero-order valence-corrected chi connectivity index (χ0v) is 13.4. The highest BCUT2D eigenvalue weighted by Crippen LogP contribution is 2.30. The fourth-order valence-corrected chi connectivity index (χ4v) is 3.01. The molecule has 0 radical (unpaired) electrons. The smallest absolute Gasteiger partial charge is 0.258 e. The third-order valence-electron chi connectivity index (χ3n) is 3.66. The summed E-state index contributed by atoms with van der Waals surface area (Å²) in [6.07, 6.45) is 0. The van der Waals surface area contributed by atoms with Gasteiger partial charge in [-0.05, 0) is 40.2 Å². The first-order valence-electron chi connectivity index (χ1n) is 6.84. The molecule has 4 aromatic rings. The standard InChI is InChI=1S/C16H12BrN5/c1-21(11-7-3-2-4-8-11)14-12-9-5-6-10-13(12)22-15(17)19-20-16(22)18-14/h2-10H,1H3. The Hall–Kier alpha value is -2.47. The number of benzene rings is 2. The van der Waals surface area contributed by atoms with E-state index in [9.17, 15) is 0 Å². The van der Waals surface area contributed by atoms with Gasteiger partial charge in [-0.15, -0.1) is 10.2 Å². The summed E-state index contributed by atoms with van der Waals surface area (Å²) in [5.41, 5.74) is 2.09. The minimum Gasteiger partial charge on any atom is -0.329 e. The molecule has 6 heteroatoms. The Bertz CT molecular complexity index is 964. The highest BCUT2D eigenvalue weighted by Gasteiger charge is 2.15. The van der Waals surface area contributed by atoms with Crippen LogP contribution in [-0.4, -0.2) is 26.6 Å². The lowest BCUT2D eigenvalue weighted by molar-refractivity contribution is 1.07. The molecule has 0 atom stereocenters. The predicted molar refractivity (Wildman–Crippen MR) is 90.5 cm³/mol. The van der Waals surface area contributed by atoms with Gasteiger partial charge in [0.2, 0.25) is 4.73 Å². The van der Waals surface area contributed by atoms with Crippen LogP contribution in [0.4, 0.5) is 11.5 Å². The van der Waals surface area contributed by atoms with E-state index in [1.165, 1.54) is 0 Å². The van der Waals surface area contributed by atoms with Crippen LogP contribution >= 0.6 is 15.9 Å². The molecular formula is C16H12BrN5. The maximum atomic E-state index is 4.69. The van der Waals surface area contributed by atoms with Gasteiger partial charge in [0.1, 0.15) is 5.82 Å². The average molecular weight is 354 g/mol. The van der Waals surface area contributed by atoms with E-state index in [0.717, 1.165) is 22.4 Å². The SMILES string of the molecule is CN(c1ccccc1)c1nc2nnc(Br)n2c2ccccc12. The quantitative estimate of drug-likeness (QED) is 0.549. The van der Waals surface area contributed by atoms with E-state index in [4.69, 9.17) is 0 Å². The van der Waals surface area contributed by atoms with Gasteiger partial charge >= 0.3 is 0 Å². The summed E-state index contributed by atoms with van der Waals surface area (Å²) in [5, 5.41) is 9.24. The van der Waals surface area contributed by atoms with E-state index in [-0.39, 0.29) is 0 Å². The number of aromatic nitrogens is 4. The minimum absolute atomic E-state index is 0.573. The van der Waals surface area contributed by atoms with E-state index in [2.05, 4.69) is 54.2 Å². The molecule has 0 N–H and O–H groups in total. The molecule has 0 fully saturated rings. The lowest BCUT2D eigenvalue weighted by Crippen LogP contribution is -2.12. The fraction of sp³-hybridized carbons (Fsp3) is 0.0625. The zero-order chi connectivity index (χ0) is 15.1. The first-order valence-corrected chi connectivity index (χ1v) is 7.63. The van der Waals surface area contributed by atoms with E-state index >= 15 is 0 Å². The van der Waals surface area contributed by atoms with Gasteiger partial charge in [-0.25, -0.2) is 0 Å². The Morgan fingerprint density at radius 2 is 1.68 bits per heavy atom. The fourth-order valence-electron chi connectivity index (χ4n) is 2.58. The molecule has 0 bridgehead atoms. The molecule has 0 saturated heterocycles. The predicted octanol–water partition coefficient (Wildman–Crippen LogP) is 3.81. The number of nitrogens with zero attached hydrogens (tertiary/aromatic N) is 5. The number of hydrogen-bond acceptors (Lipinski definition) is 4. The second kappa shape index (κ2) is 5.06. The van der Waals surface area contributed by atoms with Crippen molar-refractivity contribution in [3.05, 3.63) is 59.3 Å². The van der Waals surface area contributed by atoms with Crippen LogP contribution in [0, 0.1) is 0 Å². The Kier molecular flexibility index (Phi) is 3.04. The van der Waals surface area contributed by atoms with E-state index < -0.39 is 0 Å². The summed E-state index contributed by atoms with van der Waals surface area (Å²) < 4.78 is 2.55. The number of para-hydroxylation sites is 2. The Balaban J connectivity index is 2.04. The summed E-state index contributed by atoms with van der Waals surface area (Å²) in [6.45, 7) is 0. The molecule has 0 spiro atoms. The van der Waals surface area contributed by atoms with Gasteiger partial charge in [-0.3, -0.25) is 4.40 Å². The monoisotopic (exact) mass is 353 g/mol. The Morgan fingerprint density at radius 3 is 2.50 bits per heavy atom. The van der Waals surface area contributed by atoms with Gasteiger partial charge in [0.25, 0.3) is 5.78 Å². The second-order valence-electron chi connectivity index (χ2n) is 4.95. The van der Waals surface area contributed by atoms with Crippen LogP contribution in [0.15, 0.2) is 59.3 Å². The second-order valence-corrected chi connectivity index (χ2v) is 5.66. The third-order valence-corrected chi connectivity index (χ3v) is 4.17. The van der Waals surface area contributed by atoms with Gasteiger partial charge in [-0.2, -0.15) is 4.98 Å².